The third kappa shape index (κ3) is 23.4. The van der Waals surface area contributed by atoms with E-state index in [0.717, 1.165) is 17.8 Å². The molecule has 0 aliphatic heterocycles. The normalized spacial score (nSPS) is 18.4. The van der Waals surface area contributed by atoms with Gasteiger partial charge in [0.2, 0.25) is 0 Å². The molecule has 2 rings (SSSR count). The van der Waals surface area contributed by atoms with Gasteiger partial charge in [0.25, 0.3) is 0 Å². The lowest BCUT2D eigenvalue weighted by atomic mass is 10.0. The molecular formula is C29H59F. The van der Waals surface area contributed by atoms with Gasteiger partial charge in [0.05, 0.1) is 7.18 Å². The van der Waals surface area contributed by atoms with Crippen molar-refractivity contribution in [3.63, 3.8) is 0 Å². The van der Waals surface area contributed by atoms with E-state index in [0.29, 0.717) is 7.18 Å². The van der Waals surface area contributed by atoms with Crippen molar-refractivity contribution in [2.75, 3.05) is 7.18 Å². The molecular weight excluding hydrogens is 367 g/mol. The molecule has 0 nitrogen and oxygen atoms in total. The third-order valence-corrected chi connectivity index (χ3v) is 5.62. The second kappa shape index (κ2) is 28.1. The van der Waals surface area contributed by atoms with Crippen LogP contribution in [0.1, 0.15) is 124 Å². The molecule has 0 amide bonds. The molecule has 2 unspecified atom stereocenters. The summed E-state index contributed by atoms with van der Waals surface area (Å²) in [6, 6.07) is 6.50. The van der Waals surface area contributed by atoms with E-state index >= 15 is 0 Å². The molecule has 1 fully saturated rings. The zero-order chi connectivity index (χ0) is 24.5. The van der Waals surface area contributed by atoms with Crippen LogP contribution in [-0.2, 0) is 0 Å². The van der Waals surface area contributed by atoms with Crippen molar-refractivity contribution in [3.8, 4) is 0 Å². The van der Waals surface area contributed by atoms with Crippen LogP contribution < -0.4 is 0 Å². The van der Waals surface area contributed by atoms with Gasteiger partial charge in [-0.3, -0.25) is 4.39 Å². The summed E-state index contributed by atoms with van der Waals surface area (Å²) in [5.74, 6) is 3.04. The minimum Gasteiger partial charge on any atom is -0.255 e. The molecule has 182 valence electrons. The lowest BCUT2D eigenvalue weighted by molar-refractivity contribution is 0.457. The summed E-state index contributed by atoms with van der Waals surface area (Å²) in [6.45, 7) is 26.2. The van der Waals surface area contributed by atoms with Crippen LogP contribution in [0.15, 0.2) is 18.2 Å². The zero-order valence-electron chi connectivity index (χ0n) is 23.3. The summed E-state index contributed by atoms with van der Waals surface area (Å²) in [4.78, 5) is 0. The van der Waals surface area contributed by atoms with E-state index in [-0.39, 0.29) is 0 Å². The molecule has 1 saturated carbocycles. The number of hydrogen-bond acceptors (Lipinski definition) is 0. The minimum atomic E-state index is 0.500. The van der Waals surface area contributed by atoms with Crippen molar-refractivity contribution in [2.24, 2.45) is 17.8 Å². The average Bonchev–Trinajstić information content (AvgIpc) is 3.12. The fourth-order valence-electron chi connectivity index (χ4n) is 2.84. The highest BCUT2D eigenvalue weighted by atomic mass is 19.1. The maximum absolute atomic E-state index is 9.50. The SMILES string of the molecule is CC.CCC1CC(C)C(C)C1.CCCC.CCCC.CF.Cc1ccc(C)c(C)c1. The maximum atomic E-state index is 9.50. The van der Waals surface area contributed by atoms with E-state index in [1.807, 2.05) is 13.8 Å². The van der Waals surface area contributed by atoms with Gasteiger partial charge in [-0.1, -0.05) is 118 Å². The van der Waals surface area contributed by atoms with Gasteiger partial charge in [-0.2, -0.15) is 0 Å². The molecule has 0 saturated heterocycles. The van der Waals surface area contributed by atoms with Crippen molar-refractivity contribution in [1.82, 2.24) is 0 Å². The van der Waals surface area contributed by atoms with Crippen molar-refractivity contribution in [2.45, 2.75) is 128 Å². The molecule has 0 bridgehead atoms. The molecule has 1 aromatic carbocycles. The zero-order valence-corrected chi connectivity index (χ0v) is 23.3. The van der Waals surface area contributed by atoms with Gasteiger partial charge >= 0.3 is 0 Å². The molecule has 0 radical (unpaired) electrons. The highest BCUT2D eigenvalue weighted by Crippen LogP contribution is 2.36. The van der Waals surface area contributed by atoms with Crippen molar-refractivity contribution >= 4 is 0 Å². The molecule has 0 heterocycles. The third-order valence-electron chi connectivity index (χ3n) is 5.62. The molecule has 0 N–H and O–H groups in total. The van der Waals surface area contributed by atoms with Crippen molar-refractivity contribution < 1.29 is 4.39 Å². The topological polar surface area (TPSA) is 0 Å². The largest absolute Gasteiger partial charge is 0.255 e. The lowest BCUT2D eigenvalue weighted by Gasteiger charge is -2.04. The smallest absolute Gasteiger partial charge is 0.0785 e. The molecule has 1 aliphatic rings. The minimum absolute atomic E-state index is 0.500. The predicted octanol–water partition coefficient (Wildman–Crippen LogP) is 10.9. The first kappa shape index (κ1) is 36.5. The maximum Gasteiger partial charge on any atom is 0.0785 e. The monoisotopic (exact) mass is 426 g/mol. The fourth-order valence-corrected chi connectivity index (χ4v) is 2.84. The van der Waals surface area contributed by atoms with Crippen LogP contribution in [0, 0.1) is 38.5 Å². The van der Waals surface area contributed by atoms with E-state index in [1.165, 1.54) is 61.6 Å². The Balaban J connectivity index is -0.000000151. The predicted molar refractivity (Wildman–Crippen MR) is 142 cm³/mol. The van der Waals surface area contributed by atoms with Crippen molar-refractivity contribution in [1.29, 1.82) is 0 Å². The number of unbranched alkanes of at least 4 members (excludes halogenated alkanes) is 2. The Morgan fingerprint density at radius 1 is 0.700 bits per heavy atom. The van der Waals surface area contributed by atoms with Crippen LogP contribution in [0.2, 0.25) is 0 Å². The van der Waals surface area contributed by atoms with Gasteiger partial charge in [-0.05, 0) is 62.5 Å². The number of aryl methyl sites for hydroxylation is 3. The number of alkyl halides is 1. The summed E-state index contributed by atoms with van der Waals surface area (Å²) >= 11 is 0. The van der Waals surface area contributed by atoms with Gasteiger partial charge in [0, 0.05) is 0 Å². The van der Waals surface area contributed by atoms with Gasteiger partial charge in [0.1, 0.15) is 0 Å². The molecule has 0 spiro atoms. The summed E-state index contributed by atoms with van der Waals surface area (Å²) in [5.41, 5.74) is 4.11. The highest BCUT2D eigenvalue weighted by Gasteiger charge is 2.26. The van der Waals surface area contributed by atoms with Gasteiger partial charge in [0.15, 0.2) is 0 Å². The number of hydrogen-bond donors (Lipinski definition) is 0. The Morgan fingerprint density at radius 3 is 1.27 bits per heavy atom. The van der Waals surface area contributed by atoms with E-state index < -0.39 is 0 Å². The highest BCUT2D eigenvalue weighted by molar-refractivity contribution is 5.28. The molecule has 1 aliphatic carbocycles. The van der Waals surface area contributed by atoms with Crippen LogP contribution in [0.5, 0.6) is 0 Å². The molecule has 30 heavy (non-hydrogen) atoms. The Kier molecular flexibility index (Phi) is 34.3. The van der Waals surface area contributed by atoms with Crippen LogP contribution in [0.25, 0.3) is 0 Å². The fraction of sp³-hybridized carbons (Fsp3) is 0.793. The second-order valence-electron chi connectivity index (χ2n) is 8.29. The summed E-state index contributed by atoms with van der Waals surface area (Å²) in [6.07, 6.45) is 9.64. The van der Waals surface area contributed by atoms with E-state index in [4.69, 9.17) is 0 Å². The first-order chi connectivity index (χ1) is 14.3. The van der Waals surface area contributed by atoms with Gasteiger partial charge in [-0.15, -0.1) is 0 Å². The molecule has 1 aromatic rings. The Morgan fingerprint density at radius 2 is 1.07 bits per heavy atom. The van der Waals surface area contributed by atoms with E-state index in [1.54, 1.807) is 0 Å². The van der Waals surface area contributed by atoms with E-state index in [2.05, 4.69) is 87.4 Å². The Hall–Kier alpha value is -0.850. The first-order valence-corrected chi connectivity index (χ1v) is 12.7. The van der Waals surface area contributed by atoms with Gasteiger partial charge < -0.3 is 0 Å². The number of benzene rings is 1. The molecule has 1 heteroatoms. The Labute approximate surface area is 192 Å². The molecule has 2 atom stereocenters. The van der Waals surface area contributed by atoms with Crippen LogP contribution in [-0.4, -0.2) is 7.18 Å². The van der Waals surface area contributed by atoms with Gasteiger partial charge in [-0.25, -0.2) is 0 Å². The van der Waals surface area contributed by atoms with Crippen LogP contribution in [0.4, 0.5) is 4.39 Å². The Bertz CT molecular complexity index is 406. The number of halogens is 1. The summed E-state index contributed by atoms with van der Waals surface area (Å²) < 4.78 is 9.50. The average molecular weight is 427 g/mol. The molecule has 0 aromatic heterocycles. The lowest BCUT2D eigenvalue weighted by Crippen LogP contribution is -1.95. The second-order valence-corrected chi connectivity index (χ2v) is 8.29. The summed E-state index contributed by atoms with van der Waals surface area (Å²) in [5, 5.41) is 0. The quantitative estimate of drug-likeness (QED) is 0.450. The van der Waals surface area contributed by atoms with Crippen LogP contribution >= 0.6 is 0 Å². The standard InChI is InChI=1S/C9H12.C9H18.2C4H10.C2H6.CH3F/c1-7-4-5-8(2)9(3)6-7;1-4-9-5-7(2)8(3)6-9;2*1-3-4-2;2*1-2/h4-6H,1-3H3;7-9H,4-6H2,1-3H3;2*3-4H2,1-2H3;1-2H3;1H3. The number of rotatable bonds is 3. The summed E-state index contributed by atoms with van der Waals surface area (Å²) in [7, 11) is 0.500. The first-order valence-electron chi connectivity index (χ1n) is 12.7. The van der Waals surface area contributed by atoms with Crippen LogP contribution in [0.3, 0.4) is 0 Å². The van der Waals surface area contributed by atoms with Crippen molar-refractivity contribution in [3.05, 3.63) is 34.9 Å². The van der Waals surface area contributed by atoms with E-state index in [9.17, 15) is 4.39 Å².